The molecule has 3 heterocycles. The summed E-state index contributed by atoms with van der Waals surface area (Å²) in [6.45, 7) is 8.56. The number of ether oxygens (including phenoxy) is 1. The van der Waals surface area contributed by atoms with E-state index in [1.165, 1.54) is 27.8 Å². The molecule has 0 aliphatic carbocycles. The smallest absolute Gasteiger partial charge is 0.122 e. The topological polar surface area (TPSA) is 35.0 Å². The molecule has 1 radical (unpaired) electrons. The molecule has 0 saturated carbocycles. The Labute approximate surface area is 268 Å². The van der Waals surface area contributed by atoms with Crippen LogP contribution >= 0.6 is 0 Å². The minimum Gasteiger partial charge on any atom is -0.500 e. The second-order valence-electron chi connectivity index (χ2n) is 10.8. The molecule has 4 aromatic carbocycles. The number of hydrogen-bond acceptors (Lipinski definition) is 3. The van der Waals surface area contributed by atoms with Crippen LogP contribution in [0.4, 0.5) is 0 Å². The van der Waals surface area contributed by atoms with Crippen LogP contribution in [0.25, 0.3) is 44.8 Å². The van der Waals surface area contributed by atoms with Crippen LogP contribution in [0.3, 0.4) is 0 Å². The van der Waals surface area contributed by atoms with Crippen LogP contribution in [-0.2, 0) is 20.1 Å². The molecule has 1 aliphatic rings. The molecule has 43 heavy (non-hydrogen) atoms. The second-order valence-corrected chi connectivity index (χ2v) is 10.8. The minimum atomic E-state index is 0. The standard InChI is InChI=1S/C27H22NO.C12H10N.Ir/c1-17(2)19-13-14-28-24(16-19)20-11-12-25-23(15-20)21-8-4-5-9-22(21)27-18(3)7-6-10-26(27)29-25;1-10-7-8-12(13-9-10)11-5-3-2-4-6-11;/h4-10,12-17H,1-3H3;2-5,7-9H,1H3;/q2*-1;. The van der Waals surface area contributed by atoms with Crippen molar-refractivity contribution in [1.29, 1.82) is 0 Å². The first-order valence-corrected chi connectivity index (χ1v) is 14.3. The van der Waals surface area contributed by atoms with Crippen molar-refractivity contribution in [3.63, 3.8) is 0 Å². The van der Waals surface area contributed by atoms with Crippen molar-refractivity contribution in [2.24, 2.45) is 0 Å². The van der Waals surface area contributed by atoms with Gasteiger partial charge >= 0.3 is 0 Å². The fourth-order valence-corrected chi connectivity index (χ4v) is 5.18. The molecule has 3 nitrogen and oxygen atoms in total. The number of rotatable bonds is 3. The normalized spacial score (nSPS) is 11.0. The molecule has 0 saturated heterocycles. The first-order chi connectivity index (χ1) is 20.5. The number of pyridine rings is 2. The van der Waals surface area contributed by atoms with E-state index in [2.05, 4.69) is 97.5 Å². The Morgan fingerprint density at radius 1 is 0.674 bits per heavy atom. The van der Waals surface area contributed by atoms with E-state index in [0.717, 1.165) is 45.1 Å². The Balaban J connectivity index is 0.000000221. The summed E-state index contributed by atoms with van der Waals surface area (Å²) in [5.74, 6) is 2.17. The minimum absolute atomic E-state index is 0. The molecular formula is C39H32IrN2O-2. The maximum atomic E-state index is 6.37. The van der Waals surface area contributed by atoms with Gasteiger partial charge < -0.3 is 14.7 Å². The summed E-state index contributed by atoms with van der Waals surface area (Å²) in [6.07, 6.45) is 3.75. The average Bonchev–Trinajstić information content (AvgIpc) is 3.17. The largest absolute Gasteiger partial charge is 0.500 e. The van der Waals surface area contributed by atoms with Gasteiger partial charge in [0.1, 0.15) is 5.75 Å². The molecule has 0 N–H and O–H groups in total. The van der Waals surface area contributed by atoms with Gasteiger partial charge in [0, 0.05) is 38.1 Å². The van der Waals surface area contributed by atoms with Gasteiger partial charge in [-0.15, -0.1) is 59.7 Å². The summed E-state index contributed by atoms with van der Waals surface area (Å²) < 4.78 is 6.37. The average molecular weight is 737 g/mol. The Morgan fingerprint density at radius 3 is 2.23 bits per heavy atom. The fourth-order valence-electron chi connectivity index (χ4n) is 5.18. The Morgan fingerprint density at radius 2 is 1.49 bits per heavy atom. The molecule has 0 amide bonds. The van der Waals surface area contributed by atoms with Crippen LogP contribution < -0.4 is 4.74 Å². The van der Waals surface area contributed by atoms with Gasteiger partial charge in [-0.1, -0.05) is 79.6 Å². The summed E-state index contributed by atoms with van der Waals surface area (Å²) in [7, 11) is 0. The molecule has 0 bridgehead atoms. The van der Waals surface area contributed by atoms with E-state index in [-0.39, 0.29) is 20.1 Å². The van der Waals surface area contributed by atoms with E-state index in [9.17, 15) is 0 Å². The summed E-state index contributed by atoms with van der Waals surface area (Å²) in [4.78, 5) is 8.92. The molecule has 4 heteroatoms. The van der Waals surface area contributed by atoms with E-state index < -0.39 is 0 Å². The van der Waals surface area contributed by atoms with Crippen LogP contribution in [-0.4, -0.2) is 9.97 Å². The van der Waals surface area contributed by atoms with Crippen molar-refractivity contribution in [2.75, 3.05) is 0 Å². The zero-order valence-corrected chi connectivity index (χ0v) is 27.1. The molecule has 0 atom stereocenters. The molecule has 1 aliphatic heterocycles. The van der Waals surface area contributed by atoms with Gasteiger partial charge in [0.25, 0.3) is 0 Å². The SMILES string of the molecule is Cc1ccc(-c2[c-]cccc2)nc1.Cc1cccc2c1-c1ccccc1-c1cc(-c3cc(C(C)C)ccn3)[c-]cc1O2.[Ir]. The summed E-state index contributed by atoms with van der Waals surface area (Å²) in [6, 6.07) is 41.5. The van der Waals surface area contributed by atoms with Gasteiger partial charge in [0.15, 0.2) is 0 Å². The number of hydrogen-bond donors (Lipinski definition) is 0. The number of benzene rings is 4. The van der Waals surface area contributed by atoms with E-state index in [0.29, 0.717) is 5.92 Å². The van der Waals surface area contributed by atoms with E-state index in [4.69, 9.17) is 4.74 Å². The molecule has 0 spiro atoms. The van der Waals surface area contributed by atoms with Crippen molar-refractivity contribution in [3.8, 4) is 56.3 Å². The molecular weight excluding hydrogens is 705 g/mol. The summed E-state index contributed by atoms with van der Waals surface area (Å²) >= 11 is 0. The second kappa shape index (κ2) is 13.3. The van der Waals surface area contributed by atoms with Crippen LogP contribution in [0.5, 0.6) is 11.5 Å². The Bertz CT molecular complexity index is 1850. The number of aromatic nitrogens is 2. The van der Waals surface area contributed by atoms with Gasteiger partial charge in [-0.2, -0.15) is 0 Å². The quantitative estimate of drug-likeness (QED) is 0.170. The van der Waals surface area contributed by atoms with Crippen LogP contribution in [0.2, 0.25) is 0 Å². The summed E-state index contributed by atoms with van der Waals surface area (Å²) in [5, 5.41) is 0. The Kier molecular flexibility index (Phi) is 9.30. The Hall–Kier alpha value is -4.37. The predicted octanol–water partition coefficient (Wildman–Crippen LogP) is 10.3. The zero-order chi connectivity index (χ0) is 29.1. The number of fused-ring (bicyclic) bond motifs is 5. The fraction of sp³-hybridized carbons (Fsp3) is 0.128. The third kappa shape index (κ3) is 6.51. The van der Waals surface area contributed by atoms with Crippen molar-refractivity contribution in [2.45, 2.75) is 33.6 Å². The molecule has 2 aromatic heterocycles. The van der Waals surface area contributed by atoms with E-state index in [1.54, 1.807) is 0 Å². The molecule has 0 unspecified atom stereocenters. The van der Waals surface area contributed by atoms with Crippen molar-refractivity contribution in [3.05, 3.63) is 144 Å². The van der Waals surface area contributed by atoms with E-state index in [1.807, 2.05) is 67.8 Å². The molecule has 215 valence electrons. The molecule has 7 rings (SSSR count). The maximum Gasteiger partial charge on any atom is 0.122 e. The van der Waals surface area contributed by atoms with Crippen LogP contribution in [0.1, 0.15) is 36.5 Å². The third-order valence-corrected chi connectivity index (χ3v) is 7.48. The predicted molar refractivity (Wildman–Crippen MR) is 172 cm³/mol. The molecule has 6 aromatic rings. The molecule has 0 fully saturated rings. The zero-order valence-electron chi connectivity index (χ0n) is 24.7. The third-order valence-electron chi connectivity index (χ3n) is 7.48. The maximum absolute atomic E-state index is 6.37. The van der Waals surface area contributed by atoms with Crippen molar-refractivity contribution in [1.82, 2.24) is 9.97 Å². The van der Waals surface area contributed by atoms with E-state index >= 15 is 0 Å². The van der Waals surface area contributed by atoms with Gasteiger partial charge in [-0.05, 0) is 65.5 Å². The van der Waals surface area contributed by atoms with Gasteiger partial charge in [-0.25, -0.2) is 0 Å². The van der Waals surface area contributed by atoms with Gasteiger partial charge in [-0.3, -0.25) is 0 Å². The summed E-state index contributed by atoms with van der Waals surface area (Å²) in [5.41, 5.74) is 12.2. The van der Waals surface area contributed by atoms with Gasteiger partial charge in [0.2, 0.25) is 0 Å². The van der Waals surface area contributed by atoms with Gasteiger partial charge in [0.05, 0.1) is 5.75 Å². The van der Waals surface area contributed by atoms with Crippen LogP contribution in [0, 0.1) is 26.0 Å². The first-order valence-electron chi connectivity index (χ1n) is 14.3. The van der Waals surface area contributed by atoms with Crippen molar-refractivity contribution >= 4 is 0 Å². The van der Waals surface area contributed by atoms with Crippen LogP contribution in [0.15, 0.2) is 116 Å². The van der Waals surface area contributed by atoms with Crippen molar-refractivity contribution < 1.29 is 24.8 Å². The number of aryl methyl sites for hydroxylation is 2. The monoisotopic (exact) mass is 737 g/mol. The number of nitrogens with zero attached hydrogens (tertiary/aromatic N) is 2. The first kappa shape index (κ1) is 30.1.